The second-order valence-electron chi connectivity index (χ2n) is 3.84. The highest BCUT2D eigenvalue weighted by Crippen LogP contribution is 2.11. The molecule has 4 N–H and O–H groups in total. The first-order valence-electron chi connectivity index (χ1n) is 5.55. The molecule has 1 rings (SSSR count). The van der Waals surface area contributed by atoms with Crippen LogP contribution in [0.1, 0.15) is 13.3 Å². The summed E-state index contributed by atoms with van der Waals surface area (Å²) < 4.78 is 0. The number of benzene rings is 1. The number of anilines is 2. The fourth-order valence-corrected chi connectivity index (χ4v) is 1.65. The van der Waals surface area contributed by atoms with E-state index in [1.165, 1.54) is 0 Å². The molecule has 0 aliphatic carbocycles. The van der Waals surface area contributed by atoms with Crippen molar-refractivity contribution in [3.05, 3.63) is 24.3 Å². The lowest BCUT2D eigenvalue weighted by atomic mass is 10.3. The highest BCUT2D eigenvalue weighted by Gasteiger charge is 2.03. The minimum Gasteiger partial charge on any atom is -0.399 e. The van der Waals surface area contributed by atoms with Crippen molar-refractivity contribution >= 4 is 29.2 Å². The number of nitrogens with one attached hydrogen (secondary N) is 2. The topological polar surface area (TPSA) is 67.2 Å². The maximum atomic E-state index is 11.5. The van der Waals surface area contributed by atoms with Crippen molar-refractivity contribution in [1.82, 2.24) is 5.32 Å². The third-order valence-electron chi connectivity index (χ3n) is 2.38. The summed E-state index contributed by atoms with van der Waals surface area (Å²) in [5.74, 6) is 0. The van der Waals surface area contributed by atoms with Crippen molar-refractivity contribution < 1.29 is 4.79 Å². The van der Waals surface area contributed by atoms with E-state index in [0.29, 0.717) is 23.2 Å². The molecule has 0 saturated carbocycles. The first-order valence-corrected chi connectivity index (χ1v) is 6.84. The van der Waals surface area contributed by atoms with E-state index in [2.05, 4.69) is 23.8 Å². The fraction of sp³-hybridized carbons (Fsp3) is 0.417. The van der Waals surface area contributed by atoms with Crippen LogP contribution in [-0.2, 0) is 0 Å². The van der Waals surface area contributed by atoms with Gasteiger partial charge in [0.2, 0.25) is 0 Å². The molecule has 94 valence electrons. The number of carbonyl (C=O) groups is 1. The van der Waals surface area contributed by atoms with Crippen LogP contribution in [0.15, 0.2) is 24.3 Å². The molecule has 5 heteroatoms. The lowest BCUT2D eigenvalue weighted by Crippen LogP contribution is -2.30. The number of urea groups is 1. The number of hydrogen-bond acceptors (Lipinski definition) is 3. The Morgan fingerprint density at radius 1 is 1.53 bits per heavy atom. The summed E-state index contributed by atoms with van der Waals surface area (Å²) in [6.45, 7) is 2.82. The summed E-state index contributed by atoms with van der Waals surface area (Å²) >= 11 is 1.79. The molecule has 0 fully saturated rings. The Bertz CT molecular complexity index is 371. The van der Waals surface area contributed by atoms with Gasteiger partial charge in [0.1, 0.15) is 0 Å². The fourth-order valence-electron chi connectivity index (χ4n) is 1.30. The molecule has 0 saturated heterocycles. The average Bonchev–Trinajstić information content (AvgIpc) is 2.28. The minimum atomic E-state index is -0.191. The first-order chi connectivity index (χ1) is 8.11. The van der Waals surface area contributed by atoms with E-state index < -0.39 is 0 Å². The largest absolute Gasteiger partial charge is 0.399 e. The molecular formula is C12H19N3OS. The molecule has 0 aliphatic rings. The van der Waals surface area contributed by atoms with Crippen LogP contribution in [-0.4, -0.2) is 24.1 Å². The van der Waals surface area contributed by atoms with Gasteiger partial charge in [0.25, 0.3) is 0 Å². The minimum absolute atomic E-state index is 0.191. The number of nitrogen functional groups attached to an aromatic ring is 1. The zero-order chi connectivity index (χ0) is 12.7. The number of hydrogen-bond donors (Lipinski definition) is 3. The van der Waals surface area contributed by atoms with Crippen LogP contribution >= 0.6 is 11.8 Å². The normalized spacial score (nSPS) is 11.9. The van der Waals surface area contributed by atoms with Crippen molar-refractivity contribution in [1.29, 1.82) is 0 Å². The Morgan fingerprint density at radius 2 is 2.29 bits per heavy atom. The van der Waals surface area contributed by atoms with Crippen LogP contribution in [0.5, 0.6) is 0 Å². The zero-order valence-electron chi connectivity index (χ0n) is 10.2. The Balaban J connectivity index is 2.30. The molecule has 1 aromatic rings. The Kier molecular flexibility index (Phi) is 5.69. The van der Waals surface area contributed by atoms with Gasteiger partial charge < -0.3 is 16.4 Å². The Morgan fingerprint density at radius 3 is 2.94 bits per heavy atom. The van der Waals surface area contributed by atoms with E-state index in [1.807, 2.05) is 0 Å². The van der Waals surface area contributed by atoms with Gasteiger partial charge in [-0.05, 0) is 30.9 Å². The molecule has 0 heterocycles. The molecule has 1 unspecified atom stereocenters. The molecule has 0 aromatic heterocycles. The predicted molar refractivity (Wildman–Crippen MR) is 75.5 cm³/mol. The van der Waals surface area contributed by atoms with Gasteiger partial charge in [0, 0.05) is 23.2 Å². The summed E-state index contributed by atoms with van der Waals surface area (Å²) in [4.78, 5) is 11.5. The van der Waals surface area contributed by atoms with Gasteiger partial charge in [0.05, 0.1) is 0 Å². The average molecular weight is 253 g/mol. The molecular weight excluding hydrogens is 234 g/mol. The first kappa shape index (κ1) is 13.7. The maximum absolute atomic E-state index is 11.5. The van der Waals surface area contributed by atoms with E-state index in [4.69, 9.17) is 5.73 Å². The molecule has 4 nitrogen and oxygen atoms in total. The third-order valence-corrected chi connectivity index (χ3v) is 3.42. The molecule has 0 aliphatic heterocycles. The van der Waals surface area contributed by atoms with Crippen LogP contribution in [0.4, 0.5) is 16.2 Å². The molecule has 0 spiro atoms. The van der Waals surface area contributed by atoms with Gasteiger partial charge in [-0.1, -0.05) is 13.0 Å². The van der Waals surface area contributed by atoms with Crippen LogP contribution in [0, 0.1) is 0 Å². The van der Waals surface area contributed by atoms with Gasteiger partial charge >= 0.3 is 6.03 Å². The summed E-state index contributed by atoms with van der Waals surface area (Å²) in [7, 11) is 0. The van der Waals surface area contributed by atoms with E-state index >= 15 is 0 Å². The summed E-state index contributed by atoms with van der Waals surface area (Å²) in [5, 5.41) is 6.11. The predicted octanol–water partition coefficient (Wildman–Crippen LogP) is 2.53. The number of thioether (sulfide) groups is 1. The van der Waals surface area contributed by atoms with Crippen molar-refractivity contribution in [2.24, 2.45) is 0 Å². The summed E-state index contributed by atoms with van der Waals surface area (Å²) in [6.07, 6.45) is 3.03. The van der Waals surface area contributed by atoms with Crippen molar-refractivity contribution in [2.75, 3.05) is 23.9 Å². The zero-order valence-corrected chi connectivity index (χ0v) is 11.0. The molecule has 0 radical (unpaired) electrons. The van der Waals surface area contributed by atoms with Crippen molar-refractivity contribution in [2.45, 2.75) is 18.6 Å². The number of nitrogens with two attached hydrogens (primary N) is 1. The highest BCUT2D eigenvalue weighted by atomic mass is 32.2. The lowest BCUT2D eigenvalue weighted by molar-refractivity contribution is 0.252. The van der Waals surface area contributed by atoms with Gasteiger partial charge in [0.15, 0.2) is 0 Å². The molecule has 0 bridgehead atoms. The van der Waals surface area contributed by atoms with Crippen LogP contribution in [0.25, 0.3) is 0 Å². The second-order valence-corrected chi connectivity index (χ2v) is 5.12. The molecule has 1 atom stereocenters. The van der Waals surface area contributed by atoms with Gasteiger partial charge in [-0.3, -0.25) is 0 Å². The standard InChI is InChI=1S/C12H19N3OS/c1-9(17-2)6-7-14-12(16)15-11-5-3-4-10(13)8-11/h3-5,8-9H,6-7,13H2,1-2H3,(H2,14,15,16). The molecule has 17 heavy (non-hydrogen) atoms. The van der Waals surface area contributed by atoms with Crippen LogP contribution < -0.4 is 16.4 Å². The number of carbonyl (C=O) groups excluding carboxylic acids is 1. The van der Waals surface area contributed by atoms with Gasteiger partial charge in [-0.25, -0.2) is 4.79 Å². The smallest absolute Gasteiger partial charge is 0.319 e. The van der Waals surface area contributed by atoms with Crippen LogP contribution in [0.3, 0.4) is 0 Å². The molecule has 2 amide bonds. The number of rotatable bonds is 5. The van der Waals surface area contributed by atoms with Crippen molar-refractivity contribution in [3.8, 4) is 0 Å². The van der Waals surface area contributed by atoms with Gasteiger partial charge in [-0.15, -0.1) is 0 Å². The Hall–Kier alpha value is -1.36. The van der Waals surface area contributed by atoms with Gasteiger partial charge in [-0.2, -0.15) is 11.8 Å². The van der Waals surface area contributed by atoms with Crippen molar-refractivity contribution in [3.63, 3.8) is 0 Å². The second kappa shape index (κ2) is 7.06. The summed E-state index contributed by atoms with van der Waals surface area (Å²) in [6, 6.07) is 6.93. The van der Waals surface area contributed by atoms with E-state index in [0.717, 1.165) is 6.42 Å². The summed E-state index contributed by atoms with van der Waals surface area (Å²) in [5.41, 5.74) is 6.96. The SMILES string of the molecule is CSC(C)CCNC(=O)Nc1cccc(N)c1. The van der Waals surface area contributed by atoms with E-state index in [9.17, 15) is 4.79 Å². The maximum Gasteiger partial charge on any atom is 0.319 e. The van der Waals surface area contributed by atoms with E-state index in [1.54, 1.807) is 36.0 Å². The lowest BCUT2D eigenvalue weighted by Gasteiger charge is -2.10. The number of amides is 2. The Labute approximate surface area is 106 Å². The molecule has 1 aromatic carbocycles. The third kappa shape index (κ3) is 5.49. The monoisotopic (exact) mass is 253 g/mol. The van der Waals surface area contributed by atoms with Crippen LogP contribution in [0.2, 0.25) is 0 Å². The van der Waals surface area contributed by atoms with E-state index in [-0.39, 0.29) is 6.03 Å². The highest BCUT2D eigenvalue weighted by molar-refractivity contribution is 7.99. The quantitative estimate of drug-likeness (QED) is 0.706.